The van der Waals surface area contributed by atoms with Crippen LogP contribution in [0.15, 0.2) is 0 Å². The highest BCUT2D eigenvalue weighted by Crippen LogP contribution is 2.16. The van der Waals surface area contributed by atoms with Crippen LogP contribution in [-0.2, 0) is 0 Å². The molecule has 0 aromatic carbocycles. The number of rotatable bonds is 12. The number of unbranched alkanes of at least 4 members (excludes halogenated alkanes) is 10. The van der Waals surface area contributed by atoms with E-state index in [0.717, 1.165) is 6.04 Å². The van der Waals surface area contributed by atoms with Crippen LogP contribution in [0.1, 0.15) is 116 Å². The number of hydrogen-bond acceptors (Lipinski definition) is 4. The molecule has 1 N–H and O–H groups in total. The molecule has 37 heavy (non-hydrogen) atoms. The molecule has 1 fully saturated rings. The minimum absolute atomic E-state index is 0. The molecule has 4 nitrogen and oxygen atoms in total. The fraction of sp³-hybridized carbons (Fsp3) is 1.00. The van der Waals surface area contributed by atoms with Gasteiger partial charge in [0.1, 0.15) is 0 Å². The molecule has 8 heteroatoms. The Labute approximate surface area is 257 Å². The van der Waals surface area contributed by atoms with Gasteiger partial charge in [-0.15, -0.1) is 49.6 Å². The Bertz CT molecular complexity index is 421. The minimum atomic E-state index is 0. The van der Waals surface area contributed by atoms with Crippen molar-refractivity contribution in [1.82, 2.24) is 20.0 Å². The van der Waals surface area contributed by atoms with Crippen LogP contribution in [-0.4, -0.2) is 87.7 Å². The Hall–Kier alpha value is 1.00. The van der Waals surface area contributed by atoms with Crippen LogP contribution in [0, 0.1) is 0 Å². The van der Waals surface area contributed by atoms with E-state index in [2.05, 4.69) is 48.1 Å². The molecule has 0 aromatic heterocycles. The fourth-order valence-electron chi connectivity index (χ4n) is 5.26. The first-order valence-corrected chi connectivity index (χ1v) is 14.9. The van der Waals surface area contributed by atoms with Gasteiger partial charge in [-0.1, -0.05) is 77.6 Å². The monoisotopic (exact) mass is 610 g/mol. The number of hydrogen-bond donors (Lipinski definition) is 1. The zero-order valence-corrected chi connectivity index (χ0v) is 28.3. The normalized spacial score (nSPS) is 19.9. The molecule has 1 rings (SSSR count). The van der Waals surface area contributed by atoms with Gasteiger partial charge < -0.3 is 20.0 Å². The topological polar surface area (TPSA) is 21.8 Å². The van der Waals surface area contributed by atoms with Crippen molar-refractivity contribution in [3.05, 3.63) is 0 Å². The van der Waals surface area contributed by atoms with E-state index < -0.39 is 0 Å². The number of nitrogens with zero attached hydrogens (tertiary/aromatic N) is 3. The highest BCUT2D eigenvalue weighted by atomic mass is 35.5. The highest BCUT2D eigenvalue weighted by molar-refractivity contribution is 5.86. The Morgan fingerprint density at radius 3 is 1.54 bits per heavy atom. The first-order chi connectivity index (χ1) is 16.1. The molecule has 0 bridgehead atoms. The maximum atomic E-state index is 3.74. The third-order valence-electron chi connectivity index (χ3n) is 7.69. The molecule has 0 aliphatic carbocycles. The Morgan fingerprint density at radius 1 is 0.541 bits per heavy atom. The van der Waals surface area contributed by atoms with E-state index in [9.17, 15) is 0 Å². The molecule has 1 aliphatic heterocycles. The van der Waals surface area contributed by atoms with Gasteiger partial charge in [-0.25, -0.2) is 0 Å². The second-order valence-electron chi connectivity index (χ2n) is 11.0. The van der Waals surface area contributed by atoms with Gasteiger partial charge in [-0.3, -0.25) is 0 Å². The summed E-state index contributed by atoms with van der Waals surface area (Å²) in [6, 6.07) is 0.750. The third-order valence-corrected chi connectivity index (χ3v) is 7.69. The van der Waals surface area contributed by atoms with Crippen LogP contribution in [0.5, 0.6) is 0 Å². The Kier molecular flexibility index (Phi) is 40.4. The number of halogens is 4. The van der Waals surface area contributed by atoms with Crippen LogP contribution < -0.4 is 5.32 Å². The smallest absolute Gasteiger partial charge is 0.0104 e. The summed E-state index contributed by atoms with van der Waals surface area (Å²) in [6.45, 7) is 10.9. The quantitative estimate of drug-likeness (QED) is 0.225. The molecule has 0 radical (unpaired) electrons. The van der Waals surface area contributed by atoms with E-state index >= 15 is 0 Å². The lowest BCUT2D eigenvalue weighted by atomic mass is 10.0. The van der Waals surface area contributed by atoms with Crippen LogP contribution in [0.3, 0.4) is 0 Å². The molecule has 0 saturated carbocycles. The van der Waals surface area contributed by atoms with E-state index in [4.69, 9.17) is 0 Å². The second kappa shape index (κ2) is 33.2. The molecule has 1 heterocycles. The summed E-state index contributed by atoms with van der Waals surface area (Å²) in [6.07, 6.45) is 23.8. The zero-order valence-electron chi connectivity index (χ0n) is 25.0. The average molecular weight is 613 g/mol. The van der Waals surface area contributed by atoms with Gasteiger partial charge >= 0.3 is 0 Å². The molecule has 1 aliphatic rings. The van der Waals surface area contributed by atoms with Gasteiger partial charge in [0, 0.05) is 6.04 Å². The molecule has 0 amide bonds. The van der Waals surface area contributed by atoms with Crippen molar-refractivity contribution < 1.29 is 0 Å². The molecular weight excluding hydrogens is 546 g/mol. The highest BCUT2D eigenvalue weighted by Gasteiger charge is 2.14. The van der Waals surface area contributed by atoms with Gasteiger partial charge in [0.05, 0.1) is 0 Å². The average Bonchev–Trinajstić information content (AvgIpc) is 2.80. The van der Waals surface area contributed by atoms with Gasteiger partial charge in [0.2, 0.25) is 0 Å². The van der Waals surface area contributed by atoms with Gasteiger partial charge in [0.25, 0.3) is 0 Å². The van der Waals surface area contributed by atoms with Crippen molar-refractivity contribution in [3.63, 3.8) is 0 Å². The molecule has 0 aromatic rings. The SMILES string of the molecule is CCCCCCCCCCCCCC1CCNCCCN(C)CCCCN(C)CCCN1C.Cl.Cl.Cl.Cl. The lowest BCUT2D eigenvalue weighted by Gasteiger charge is -2.29. The summed E-state index contributed by atoms with van der Waals surface area (Å²) >= 11 is 0. The Morgan fingerprint density at radius 2 is 1.00 bits per heavy atom. The van der Waals surface area contributed by atoms with Crippen LogP contribution in [0.4, 0.5) is 0 Å². The standard InChI is InChI=1S/C29H62N4.4ClH/c1-5-6-7-8-9-10-11-12-13-14-15-20-29-21-23-30-22-18-26-31(2)24-16-17-25-32(3)27-19-28-33(29)4;;;;/h29-30H,5-28H2,1-4H3;4*1H. The Balaban J connectivity index is -0.00000136. The second-order valence-corrected chi connectivity index (χ2v) is 11.0. The lowest BCUT2D eigenvalue weighted by molar-refractivity contribution is 0.198. The molecule has 1 atom stereocenters. The van der Waals surface area contributed by atoms with Crippen molar-refractivity contribution in [1.29, 1.82) is 0 Å². The predicted octanol–water partition coefficient (Wildman–Crippen LogP) is 8.09. The molecule has 0 spiro atoms. The summed E-state index contributed by atoms with van der Waals surface area (Å²) in [5.74, 6) is 0. The van der Waals surface area contributed by atoms with E-state index in [0.29, 0.717) is 0 Å². The van der Waals surface area contributed by atoms with E-state index in [1.54, 1.807) is 0 Å². The van der Waals surface area contributed by atoms with Gasteiger partial charge in [0.15, 0.2) is 0 Å². The van der Waals surface area contributed by atoms with Gasteiger partial charge in [-0.2, -0.15) is 0 Å². The summed E-state index contributed by atoms with van der Waals surface area (Å²) in [5.41, 5.74) is 0. The van der Waals surface area contributed by atoms with Crippen LogP contribution in [0.25, 0.3) is 0 Å². The van der Waals surface area contributed by atoms with Crippen molar-refractivity contribution in [3.8, 4) is 0 Å². The largest absolute Gasteiger partial charge is 0.317 e. The summed E-state index contributed by atoms with van der Waals surface area (Å²) < 4.78 is 0. The van der Waals surface area contributed by atoms with Crippen molar-refractivity contribution >= 4 is 49.6 Å². The fourth-order valence-corrected chi connectivity index (χ4v) is 5.26. The van der Waals surface area contributed by atoms with E-state index in [1.807, 2.05) is 0 Å². The first kappa shape index (κ1) is 45.0. The summed E-state index contributed by atoms with van der Waals surface area (Å²) in [4.78, 5) is 7.74. The van der Waals surface area contributed by atoms with E-state index in [-0.39, 0.29) is 49.6 Å². The minimum Gasteiger partial charge on any atom is -0.317 e. The molecule has 1 unspecified atom stereocenters. The van der Waals surface area contributed by atoms with Crippen LogP contribution >= 0.6 is 49.6 Å². The maximum absolute atomic E-state index is 3.74. The number of nitrogens with one attached hydrogen (secondary N) is 1. The first-order valence-electron chi connectivity index (χ1n) is 14.9. The van der Waals surface area contributed by atoms with Gasteiger partial charge in [-0.05, 0) is 105 Å². The molecule has 1 saturated heterocycles. The van der Waals surface area contributed by atoms with Crippen molar-refractivity contribution in [2.24, 2.45) is 0 Å². The van der Waals surface area contributed by atoms with E-state index in [1.165, 1.54) is 155 Å². The molecule has 230 valence electrons. The lowest BCUT2D eigenvalue weighted by Crippen LogP contribution is -2.36. The van der Waals surface area contributed by atoms with Crippen LogP contribution in [0.2, 0.25) is 0 Å². The zero-order chi connectivity index (χ0) is 24.0. The predicted molar refractivity (Wildman–Crippen MR) is 177 cm³/mol. The maximum Gasteiger partial charge on any atom is 0.0104 e. The molecular formula is C29H66Cl4N4. The summed E-state index contributed by atoms with van der Waals surface area (Å²) in [5, 5.41) is 3.74. The van der Waals surface area contributed by atoms with Crippen molar-refractivity contribution in [2.75, 3.05) is 67.0 Å². The third kappa shape index (κ3) is 28.3. The van der Waals surface area contributed by atoms with Crippen molar-refractivity contribution in [2.45, 2.75) is 122 Å². The summed E-state index contributed by atoms with van der Waals surface area (Å²) in [7, 11) is 6.98.